The number of benzene rings is 12. The van der Waals surface area contributed by atoms with E-state index < -0.39 is 0 Å². The van der Waals surface area contributed by atoms with Crippen molar-refractivity contribution in [1.29, 1.82) is 0 Å². The number of hydrogen-bond donors (Lipinski definition) is 0. The van der Waals surface area contributed by atoms with E-state index in [1.54, 1.807) is 0 Å². The molecule has 12 aromatic carbocycles. The van der Waals surface area contributed by atoms with Gasteiger partial charge in [0.25, 0.3) is 13.4 Å². The fraction of sp³-hybridized carbons (Fsp3) is 0. The van der Waals surface area contributed by atoms with E-state index in [1.807, 2.05) is 0 Å². The van der Waals surface area contributed by atoms with Crippen molar-refractivity contribution in [3.05, 3.63) is 267 Å². The molecule has 0 amide bonds. The lowest BCUT2D eigenvalue weighted by molar-refractivity contribution is 1.16. The Balaban J connectivity index is 1.05. The summed E-state index contributed by atoms with van der Waals surface area (Å²) in [6.45, 7) is -0.0197. The highest BCUT2D eigenvalue weighted by Gasteiger charge is 2.45. The summed E-state index contributed by atoms with van der Waals surface area (Å²) in [7, 11) is 0. The van der Waals surface area contributed by atoms with Crippen molar-refractivity contribution in [3.8, 4) is 44.8 Å². The summed E-state index contributed by atoms with van der Waals surface area (Å²) in [6.07, 6.45) is 0. The first kappa shape index (κ1) is 42.2. The lowest BCUT2D eigenvalue weighted by atomic mass is 9.33. The van der Waals surface area contributed by atoms with E-state index in [0.29, 0.717) is 0 Å². The van der Waals surface area contributed by atoms with Gasteiger partial charge >= 0.3 is 0 Å². The Morgan fingerprint density at radius 1 is 0.256 bits per heavy atom. The number of fused-ring (bicyclic) bond motifs is 14. The van der Waals surface area contributed by atoms with Gasteiger partial charge in [-0.25, -0.2) is 0 Å². The van der Waals surface area contributed by atoms with Crippen LogP contribution in [0.4, 0.5) is 34.1 Å². The highest BCUT2D eigenvalue weighted by molar-refractivity contribution is 7.01. The summed E-state index contributed by atoms with van der Waals surface area (Å²) in [4.78, 5) is 4.99. The van der Waals surface area contributed by atoms with E-state index in [-0.39, 0.29) is 13.4 Å². The maximum absolute atomic E-state index is 2.66. The van der Waals surface area contributed by atoms with Crippen molar-refractivity contribution in [2.24, 2.45) is 0 Å². The largest absolute Gasteiger partial charge is 0.311 e. The minimum atomic E-state index is -0.00983. The Labute approximate surface area is 452 Å². The molecule has 4 aliphatic rings. The molecule has 18 rings (SSSR count). The quantitative estimate of drug-likeness (QED) is 0.160. The Morgan fingerprint density at radius 2 is 0.615 bits per heavy atom. The van der Waals surface area contributed by atoms with E-state index in [2.05, 4.69) is 286 Å². The van der Waals surface area contributed by atoms with Crippen LogP contribution in [0.5, 0.6) is 0 Å². The molecule has 0 aliphatic carbocycles. The topological polar surface area (TPSA) is 16.3 Å². The van der Waals surface area contributed by atoms with Gasteiger partial charge in [-0.3, -0.25) is 0 Å². The number of para-hydroxylation sites is 4. The first-order valence-corrected chi connectivity index (χ1v) is 27.2. The first-order chi connectivity index (χ1) is 38.8. The van der Waals surface area contributed by atoms with Crippen LogP contribution in [0.15, 0.2) is 267 Å². The Bertz CT molecular complexity index is 4570. The second kappa shape index (κ2) is 15.8. The molecule has 0 saturated carbocycles. The van der Waals surface area contributed by atoms with Crippen LogP contribution in [0, 0.1) is 0 Å². The molecule has 0 bridgehead atoms. The molecule has 4 aliphatic heterocycles. The van der Waals surface area contributed by atoms with Gasteiger partial charge in [-0.15, -0.1) is 0 Å². The van der Waals surface area contributed by atoms with Gasteiger partial charge in [0.1, 0.15) is 0 Å². The van der Waals surface area contributed by atoms with Gasteiger partial charge in [0, 0.05) is 83.6 Å². The predicted molar refractivity (Wildman–Crippen MR) is 330 cm³/mol. The average Bonchev–Trinajstić information content (AvgIpc) is 4.23. The number of anilines is 6. The Morgan fingerprint density at radius 3 is 1.05 bits per heavy atom. The van der Waals surface area contributed by atoms with Gasteiger partial charge in [0.15, 0.2) is 0 Å². The van der Waals surface area contributed by atoms with Crippen molar-refractivity contribution in [2.75, 3.05) is 9.80 Å². The second-order valence-corrected chi connectivity index (χ2v) is 21.5. The van der Waals surface area contributed by atoms with Crippen LogP contribution >= 0.6 is 0 Å². The molecule has 2 aromatic heterocycles. The molecular formula is C72H44B2N4. The summed E-state index contributed by atoms with van der Waals surface area (Å²) >= 11 is 0. The molecule has 0 atom stereocenters. The fourth-order valence-electron chi connectivity index (χ4n) is 14.7. The zero-order valence-electron chi connectivity index (χ0n) is 42.3. The SMILES string of the molecule is c1ccc(-c2cc3c4c(c2)c2c(-c5ccccc5)c5c6cc(-c7ccccc7)cc7c6n(c5cc2n4-c2cccc4c2B3c2ccccc2N4c2ccccc2)-c2cccc3c2B7c2ccccc2N3c2ccccc2)cc1. The number of rotatable bonds is 5. The van der Waals surface area contributed by atoms with E-state index in [4.69, 9.17) is 0 Å². The summed E-state index contributed by atoms with van der Waals surface area (Å²) in [5.41, 5.74) is 29.8. The van der Waals surface area contributed by atoms with Crippen LogP contribution in [0.2, 0.25) is 0 Å². The molecular weight excluding hydrogens is 942 g/mol. The van der Waals surface area contributed by atoms with Crippen LogP contribution in [0.25, 0.3) is 88.4 Å². The third-order valence-electron chi connectivity index (χ3n) is 17.6. The van der Waals surface area contributed by atoms with E-state index >= 15 is 0 Å². The molecule has 0 saturated heterocycles. The van der Waals surface area contributed by atoms with Gasteiger partial charge in [0.2, 0.25) is 0 Å². The number of hydrogen-bond acceptors (Lipinski definition) is 2. The molecule has 0 unspecified atom stereocenters. The van der Waals surface area contributed by atoms with Gasteiger partial charge in [-0.1, -0.05) is 188 Å². The smallest absolute Gasteiger partial charge is 0.252 e. The van der Waals surface area contributed by atoms with Crippen LogP contribution in [-0.4, -0.2) is 22.6 Å². The average molecular weight is 987 g/mol. The molecule has 6 heterocycles. The second-order valence-electron chi connectivity index (χ2n) is 21.5. The first-order valence-electron chi connectivity index (χ1n) is 27.2. The van der Waals surface area contributed by atoms with Crippen molar-refractivity contribution >= 4 is 124 Å². The maximum atomic E-state index is 2.66. The van der Waals surface area contributed by atoms with Crippen LogP contribution in [-0.2, 0) is 0 Å². The molecule has 4 nitrogen and oxygen atoms in total. The monoisotopic (exact) mass is 986 g/mol. The van der Waals surface area contributed by atoms with E-state index in [9.17, 15) is 0 Å². The van der Waals surface area contributed by atoms with Gasteiger partial charge in [0.05, 0.1) is 11.0 Å². The fourth-order valence-corrected chi connectivity index (χ4v) is 14.7. The zero-order chi connectivity index (χ0) is 50.7. The van der Waals surface area contributed by atoms with Crippen LogP contribution < -0.4 is 42.6 Å². The van der Waals surface area contributed by atoms with Gasteiger partial charge in [-0.05, 0) is 139 Å². The highest BCUT2D eigenvalue weighted by Crippen LogP contribution is 2.51. The molecule has 0 N–H and O–H groups in total. The third kappa shape index (κ3) is 5.55. The molecule has 0 spiro atoms. The summed E-state index contributed by atoms with van der Waals surface area (Å²) < 4.78 is 5.32. The van der Waals surface area contributed by atoms with Crippen LogP contribution in [0.3, 0.4) is 0 Å². The normalized spacial score (nSPS) is 13.3. The minimum Gasteiger partial charge on any atom is -0.311 e. The van der Waals surface area contributed by atoms with E-state index in [1.165, 1.54) is 144 Å². The molecule has 78 heavy (non-hydrogen) atoms. The Hall–Kier alpha value is -10.0. The number of nitrogens with zero attached hydrogens (tertiary/aromatic N) is 4. The molecule has 14 aromatic rings. The van der Waals surface area contributed by atoms with E-state index in [0.717, 1.165) is 11.4 Å². The molecule has 358 valence electrons. The van der Waals surface area contributed by atoms with Gasteiger partial charge < -0.3 is 18.9 Å². The lowest BCUT2D eigenvalue weighted by Crippen LogP contribution is -2.60. The third-order valence-corrected chi connectivity index (χ3v) is 17.6. The molecule has 6 heteroatoms. The minimum absolute atomic E-state index is 0.00983. The highest BCUT2D eigenvalue weighted by atomic mass is 15.2. The standard InChI is InChI=1S/C72H44B2N4/c1-6-22-45(23-7-1)48-40-52-67-64(77-62-38-20-36-60-69(62)73(56(42-48)71(52)77)54-32-16-18-34-58(54)75(60)50-28-12-4-13-29-50)44-65-68(66(67)47-26-10-3-11-27-47)53-41-49(46-24-8-2-9-25-46)43-57-72(53)78(65)63-39-21-37-61-70(63)74(57)55-33-17-19-35-59(55)76(61)51-30-14-5-15-31-51/h1-44H. The van der Waals surface area contributed by atoms with Crippen LogP contribution in [0.1, 0.15) is 0 Å². The maximum Gasteiger partial charge on any atom is 0.252 e. The molecule has 0 radical (unpaired) electrons. The predicted octanol–water partition coefficient (Wildman–Crippen LogP) is 14.1. The number of aromatic nitrogens is 2. The Kier molecular flexibility index (Phi) is 8.53. The van der Waals surface area contributed by atoms with Crippen molar-refractivity contribution in [2.45, 2.75) is 0 Å². The summed E-state index contributed by atoms with van der Waals surface area (Å²) in [5.74, 6) is 0. The molecule has 0 fully saturated rings. The van der Waals surface area contributed by atoms with Crippen molar-refractivity contribution < 1.29 is 0 Å². The van der Waals surface area contributed by atoms with Crippen molar-refractivity contribution in [3.63, 3.8) is 0 Å². The summed E-state index contributed by atoms with van der Waals surface area (Å²) in [6, 6.07) is 100. The summed E-state index contributed by atoms with van der Waals surface area (Å²) in [5, 5.41) is 5.07. The van der Waals surface area contributed by atoms with Crippen molar-refractivity contribution in [1.82, 2.24) is 9.13 Å². The zero-order valence-corrected chi connectivity index (χ0v) is 42.3. The lowest BCUT2D eigenvalue weighted by Gasteiger charge is -2.40. The van der Waals surface area contributed by atoms with Gasteiger partial charge in [-0.2, -0.15) is 0 Å².